The number of nitrogens with one attached hydrogen (secondary N) is 1. The van der Waals surface area contributed by atoms with Crippen molar-refractivity contribution in [2.45, 2.75) is 39.0 Å². The van der Waals surface area contributed by atoms with Crippen molar-refractivity contribution in [3.05, 3.63) is 29.3 Å². The van der Waals surface area contributed by atoms with Gasteiger partial charge in [0.05, 0.1) is 0 Å². The highest BCUT2D eigenvalue weighted by Gasteiger charge is 2.24. The van der Waals surface area contributed by atoms with Crippen molar-refractivity contribution < 1.29 is 9.59 Å². The van der Waals surface area contributed by atoms with E-state index < -0.39 is 0 Å². The smallest absolute Gasteiger partial charge is 0.251 e. The molecule has 0 atom stereocenters. The number of anilines is 1. The number of carbonyl (C=O) groups excluding carboxylic acids is 2. The minimum atomic E-state index is -0.0176. The molecule has 0 spiro atoms. The first kappa shape index (κ1) is 17.0. The van der Waals surface area contributed by atoms with Crippen LogP contribution in [0, 0.1) is 0 Å². The fraction of sp³-hybridized carbons (Fsp3) is 0.579. The zero-order valence-corrected chi connectivity index (χ0v) is 14.5. The van der Waals surface area contributed by atoms with E-state index in [-0.39, 0.29) is 11.8 Å². The van der Waals surface area contributed by atoms with Crippen molar-refractivity contribution in [3.63, 3.8) is 0 Å². The van der Waals surface area contributed by atoms with Crippen LogP contribution in [0.2, 0.25) is 0 Å². The number of rotatable bonds is 6. The molecule has 0 bridgehead atoms. The first-order valence-electron chi connectivity index (χ1n) is 9.13. The van der Waals surface area contributed by atoms with Gasteiger partial charge >= 0.3 is 0 Å². The average Bonchev–Trinajstić information content (AvgIpc) is 3.10. The first-order valence-corrected chi connectivity index (χ1v) is 9.13. The van der Waals surface area contributed by atoms with Gasteiger partial charge in [-0.1, -0.05) is 6.92 Å². The molecular weight excluding hydrogens is 302 g/mol. The molecule has 2 aliphatic rings. The lowest BCUT2D eigenvalue weighted by Crippen LogP contribution is -2.36. The number of aryl methyl sites for hydroxylation is 1. The van der Waals surface area contributed by atoms with E-state index in [9.17, 15) is 9.59 Å². The van der Waals surface area contributed by atoms with Crippen LogP contribution in [0.5, 0.6) is 0 Å². The molecule has 5 nitrogen and oxygen atoms in total. The van der Waals surface area contributed by atoms with Gasteiger partial charge in [-0.2, -0.15) is 0 Å². The van der Waals surface area contributed by atoms with Crippen LogP contribution in [-0.4, -0.2) is 49.4 Å². The Kier molecular flexibility index (Phi) is 5.51. The minimum absolute atomic E-state index is 0.0176. The quantitative estimate of drug-likeness (QED) is 0.870. The molecule has 0 aromatic heterocycles. The number of nitrogens with zero attached hydrogens (tertiary/aromatic N) is 2. The second-order valence-corrected chi connectivity index (χ2v) is 6.69. The van der Waals surface area contributed by atoms with Crippen molar-refractivity contribution in [1.82, 2.24) is 10.2 Å². The number of hydrogen-bond acceptors (Lipinski definition) is 3. The van der Waals surface area contributed by atoms with Crippen LogP contribution in [0.15, 0.2) is 18.2 Å². The maximum atomic E-state index is 12.4. The molecule has 1 saturated heterocycles. The highest BCUT2D eigenvalue weighted by molar-refractivity contribution is 5.99. The third-order valence-electron chi connectivity index (χ3n) is 4.90. The van der Waals surface area contributed by atoms with Gasteiger partial charge in [0, 0.05) is 37.3 Å². The van der Waals surface area contributed by atoms with Crippen LogP contribution >= 0.6 is 0 Å². The number of likely N-dealkylation sites (tertiary alicyclic amines) is 1. The Balaban J connectivity index is 1.62. The summed E-state index contributed by atoms with van der Waals surface area (Å²) in [4.78, 5) is 28.7. The van der Waals surface area contributed by atoms with Gasteiger partial charge in [0.1, 0.15) is 0 Å². The molecule has 2 aliphatic heterocycles. The molecule has 1 fully saturated rings. The lowest BCUT2D eigenvalue weighted by molar-refractivity contribution is -0.118. The molecular formula is C19H27N3O2. The second kappa shape index (κ2) is 7.79. The highest BCUT2D eigenvalue weighted by atomic mass is 16.2. The monoisotopic (exact) mass is 329 g/mol. The lowest BCUT2D eigenvalue weighted by atomic mass is 9.98. The zero-order valence-electron chi connectivity index (χ0n) is 14.5. The average molecular weight is 329 g/mol. The lowest BCUT2D eigenvalue weighted by Gasteiger charge is -2.29. The number of amides is 2. The van der Waals surface area contributed by atoms with Crippen LogP contribution in [-0.2, 0) is 11.2 Å². The van der Waals surface area contributed by atoms with Gasteiger partial charge in [-0.05, 0) is 62.5 Å². The number of fused-ring (bicyclic) bond motifs is 1. The molecule has 0 unspecified atom stereocenters. The summed E-state index contributed by atoms with van der Waals surface area (Å²) >= 11 is 0. The highest BCUT2D eigenvalue weighted by Crippen LogP contribution is 2.29. The summed E-state index contributed by atoms with van der Waals surface area (Å²) in [5.41, 5.74) is 2.78. The molecule has 2 amide bonds. The van der Waals surface area contributed by atoms with Gasteiger partial charge in [-0.25, -0.2) is 0 Å². The summed E-state index contributed by atoms with van der Waals surface area (Å²) in [6, 6.07) is 5.72. The summed E-state index contributed by atoms with van der Waals surface area (Å²) in [6.45, 7) is 6.73. The van der Waals surface area contributed by atoms with Crippen LogP contribution in [0.3, 0.4) is 0 Å². The number of benzene rings is 1. The third-order valence-corrected chi connectivity index (χ3v) is 4.90. The zero-order chi connectivity index (χ0) is 16.9. The molecule has 3 rings (SSSR count). The fourth-order valence-electron chi connectivity index (χ4n) is 3.61. The fourth-order valence-corrected chi connectivity index (χ4v) is 3.61. The van der Waals surface area contributed by atoms with E-state index in [1.807, 2.05) is 23.1 Å². The Labute approximate surface area is 144 Å². The van der Waals surface area contributed by atoms with Crippen LogP contribution in [0.25, 0.3) is 0 Å². The predicted molar refractivity (Wildman–Crippen MR) is 95.4 cm³/mol. The van der Waals surface area contributed by atoms with E-state index in [4.69, 9.17) is 0 Å². The molecule has 130 valence electrons. The molecule has 2 heterocycles. The molecule has 0 aliphatic carbocycles. The topological polar surface area (TPSA) is 52.7 Å². The van der Waals surface area contributed by atoms with E-state index in [0.29, 0.717) is 18.5 Å². The Bertz CT molecular complexity index is 609. The van der Waals surface area contributed by atoms with E-state index in [0.717, 1.165) is 50.3 Å². The number of hydrogen-bond donors (Lipinski definition) is 1. The first-order chi connectivity index (χ1) is 11.7. The molecule has 0 radical (unpaired) electrons. The van der Waals surface area contributed by atoms with Crippen molar-refractivity contribution in [2.24, 2.45) is 0 Å². The second-order valence-electron chi connectivity index (χ2n) is 6.69. The van der Waals surface area contributed by atoms with Crippen LogP contribution in [0.4, 0.5) is 5.69 Å². The van der Waals surface area contributed by atoms with Crippen molar-refractivity contribution >= 4 is 17.5 Å². The van der Waals surface area contributed by atoms with Gasteiger partial charge in [-0.15, -0.1) is 0 Å². The molecule has 1 aromatic carbocycles. The van der Waals surface area contributed by atoms with Crippen molar-refractivity contribution in [1.29, 1.82) is 0 Å². The van der Waals surface area contributed by atoms with E-state index in [1.165, 1.54) is 12.8 Å². The largest absolute Gasteiger partial charge is 0.351 e. The molecule has 5 heteroatoms. The van der Waals surface area contributed by atoms with Gasteiger partial charge in [0.2, 0.25) is 5.91 Å². The SMILES string of the molecule is CCCN1C(=O)CCc2cc(C(=O)NCCN3CCCC3)ccc21. The molecule has 24 heavy (non-hydrogen) atoms. The normalized spacial score (nSPS) is 17.9. The Morgan fingerprint density at radius 1 is 1.17 bits per heavy atom. The summed E-state index contributed by atoms with van der Waals surface area (Å²) in [6.07, 6.45) is 4.73. The summed E-state index contributed by atoms with van der Waals surface area (Å²) in [7, 11) is 0. The number of carbonyl (C=O) groups is 2. The maximum Gasteiger partial charge on any atom is 0.251 e. The molecule has 1 N–H and O–H groups in total. The summed E-state index contributed by atoms with van der Waals surface area (Å²) < 4.78 is 0. The van der Waals surface area contributed by atoms with E-state index in [2.05, 4.69) is 17.1 Å². The van der Waals surface area contributed by atoms with Crippen molar-refractivity contribution in [3.8, 4) is 0 Å². The maximum absolute atomic E-state index is 12.4. The van der Waals surface area contributed by atoms with Gasteiger partial charge < -0.3 is 15.1 Å². The van der Waals surface area contributed by atoms with E-state index >= 15 is 0 Å². The Morgan fingerprint density at radius 2 is 1.96 bits per heavy atom. The summed E-state index contributed by atoms with van der Waals surface area (Å²) in [5, 5.41) is 3.02. The Morgan fingerprint density at radius 3 is 2.71 bits per heavy atom. The summed E-state index contributed by atoms with van der Waals surface area (Å²) in [5.74, 6) is 0.170. The van der Waals surface area contributed by atoms with Gasteiger partial charge in [0.15, 0.2) is 0 Å². The van der Waals surface area contributed by atoms with Gasteiger partial charge in [0.25, 0.3) is 5.91 Å². The minimum Gasteiger partial charge on any atom is -0.351 e. The standard InChI is InChI=1S/C19H27N3O2/c1-2-10-22-17-7-5-16(14-15(17)6-8-18(22)23)19(24)20-9-13-21-11-3-4-12-21/h5,7,14H,2-4,6,8-13H2,1H3,(H,20,24). The van der Waals surface area contributed by atoms with E-state index in [1.54, 1.807) is 0 Å². The van der Waals surface area contributed by atoms with Crippen molar-refractivity contribution in [2.75, 3.05) is 37.6 Å². The van der Waals surface area contributed by atoms with Crippen LogP contribution in [0.1, 0.15) is 48.5 Å². The predicted octanol–water partition coefficient (Wildman–Crippen LogP) is 2.20. The Hall–Kier alpha value is -1.88. The molecule has 0 saturated carbocycles. The van der Waals surface area contributed by atoms with Gasteiger partial charge in [-0.3, -0.25) is 9.59 Å². The molecule has 1 aromatic rings. The van der Waals surface area contributed by atoms with Crippen LogP contribution < -0.4 is 10.2 Å². The third kappa shape index (κ3) is 3.78.